The Kier molecular flexibility index (Phi) is 6.47. The van der Waals surface area contributed by atoms with Gasteiger partial charge in [-0.25, -0.2) is 0 Å². The van der Waals surface area contributed by atoms with Gasteiger partial charge in [0.1, 0.15) is 0 Å². The maximum atomic E-state index is 11.1. The average molecular weight is 216 g/mol. The molecule has 72 valence electrons. The van der Waals surface area contributed by atoms with Crippen LogP contribution in [0.2, 0.25) is 0 Å². The van der Waals surface area contributed by atoms with Gasteiger partial charge >= 0.3 is 0 Å². The van der Waals surface area contributed by atoms with Crippen molar-refractivity contribution in [2.75, 3.05) is 26.3 Å². The SMILES string of the molecule is O=C(C(Cl)Cl)N(CCO)CCO. The van der Waals surface area contributed by atoms with Crippen LogP contribution >= 0.6 is 23.2 Å². The normalized spacial score (nSPS) is 10.4. The van der Waals surface area contributed by atoms with Crippen LogP contribution in [-0.2, 0) is 4.79 Å². The third kappa shape index (κ3) is 4.11. The van der Waals surface area contributed by atoms with Gasteiger partial charge in [0.05, 0.1) is 13.2 Å². The number of halogens is 2. The fraction of sp³-hybridized carbons (Fsp3) is 0.833. The van der Waals surface area contributed by atoms with Crippen LogP contribution in [0.1, 0.15) is 0 Å². The number of hydrogen-bond acceptors (Lipinski definition) is 3. The molecule has 0 fully saturated rings. The van der Waals surface area contributed by atoms with E-state index in [1.165, 1.54) is 4.90 Å². The summed E-state index contributed by atoms with van der Waals surface area (Å²) in [6.07, 6.45) is 0. The number of nitrogens with zero attached hydrogens (tertiary/aromatic N) is 1. The van der Waals surface area contributed by atoms with E-state index in [2.05, 4.69) is 0 Å². The fourth-order valence-corrected chi connectivity index (χ4v) is 0.988. The van der Waals surface area contributed by atoms with Crippen LogP contribution in [0.5, 0.6) is 0 Å². The number of amides is 1. The third-order valence-corrected chi connectivity index (χ3v) is 1.61. The van der Waals surface area contributed by atoms with E-state index < -0.39 is 10.7 Å². The van der Waals surface area contributed by atoms with Gasteiger partial charge in [-0.2, -0.15) is 0 Å². The highest BCUT2D eigenvalue weighted by molar-refractivity contribution is 6.53. The molecule has 0 heterocycles. The molecule has 0 bridgehead atoms. The van der Waals surface area contributed by atoms with E-state index in [4.69, 9.17) is 33.4 Å². The number of aliphatic hydroxyl groups excluding tert-OH is 2. The van der Waals surface area contributed by atoms with Crippen LogP contribution in [0.25, 0.3) is 0 Å². The molecule has 12 heavy (non-hydrogen) atoms. The summed E-state index contributed by atoms with van der Waals surface area (Å²) in [5.41, 5.74) is 0. The molecular formula is C6H11Cl2NO3. The van der Waals surface area contributed by atoms with Gasteiger partial charge < -0.3 is 15.1 Å². The van der Waals surface area contributed by atoms with E-state index in [0.717, 1.165) is 0 Å². The third-order valence-electron chi connectivity index (χ3n) is 1.24. The van der Waals surface area contributed by atoms with Crippen LogP contribution in [0, 0.1) is 0 Å². The lowest BCUT2D eigenvalue weighted by atomic mass is 10.4. The zero-order chi connectivity index (χ0) is 9.56. The fourth-order valence-electron chi connectivity index (χ4n) is 0.712. The smallest absolute Gasteiger partial charge is 0.256 e. The molecule has 0 aliphatic carbocycles. The van der Waals surface area contributed by atoms with Gasteiger partial charge in [-0.15, -0.1) is 0 Å². The van der Waals surface area contributed by atoms with E-state index in [0.29, 0.717) is 0 Å². The monoisotopic (exact) mass is 215 g/mol. The van der Waals surface area contributed by atoms with Crippen molar-refractivity contribution in [2.45, 2.75) is 4.84 Å². The lowest BCUT2D eigenvalue weighted by Crippen LogP contribution is -2.38. The Morgan fingerprint density at radius 1 is 1.25 bits per heavy atom. The predicted molar refractivity (Wildman–Crippen MR) is 46.2 cm³/mol. The maximum Gasteiger partial charge on any atom is 0.256 e. The van der Waals surface area contributed by atoms with E-state index in [1.807, 2.05) is 0 Å². The molecule has 6 heteroatoms. The van der Waals surface area contributed by atoms with Crippen molar-refractivity contribution in [3.05, 3.63) is 0 Å². The molecule has 0 aliphatic rings. The second-order valence-corrected chi connectivity index (χ2v) is 3.17. The van der Waals surface area contributed by atoms with Gasteiger partial charge in [0.15, 0.2) is 4.84 Å². The number of aliphatic hydroxyl groups is 2. The van der Waals surface area contributed by atoms with Gasteiger partial charge in [0, 0.05) is 13.1 Å². The molecule has 1 amide bonds. The van der Waals surface area contributed by atoms with Gasteiger partial charge in [-0.05, 0) is 0 Å². The average Bonchev–Trinajstić information content (AvgIpc) is 2.03. The zero-order valence-corrected chi connectivity index (χ0v) is 7.92. The molecule has 0 unspecified atom stereocenters. The molecule has 0 spiro atoms. The zero-order valence-electron chi connectivity index (χ0n) is 6.41. The van der Waals surface area contributed by atoms with Crippen molar-refractivity contribution in [3.63, 3.8) is 0 Å². The predicted octanol–water partition coefficient (Wildman–Crippen LogP) is -0.397. The minimum Gasteiger partial charge on any atom is -0.395 e. The highest BCUT2D eigenvalue weighted by Gasteiger charge is 2.18. The molecule has 0 aromatic rings. The van der Waals surface area contributed by atoms with E-state index >= 15 is 0 Å². The van der Waals surface area contributed by atoms with Gasteiger partial charge in [0.2, 0.25) is 0 Å². The first-order chi connectivity index (χ1) is 5.63. The molecule has 0 aliphatic heterocycles. The molecule has 0 rings (SSSR count). The van der Waals surface area contributed by atoms with Crippen molar-refractivity contribution in [2.24, 2.45) is 0 Å². The second-order valence-electron chi connectivity index (χ2n) is 2.07. The summed E-state index contributed by atoms with van der Waals surface area (Å²) in [6.45, 7) is -0.0802. The Morgan fingerprint density at radius 2 is 1.67 bits per heavy atom. The second kappa shape index (κ2) is 6.48. The van der Waals surface area contributed by atoms with E-state index in [1.54, 1.807) is 0 Å². The number of carbonyl (C=O) groups is 1. The van der Waals surface area contributed by atoms with Gasteiger partial charge in [-0.3, -0.25) is 4.79 Å². The Morgan fingerprint density at radius 3 is 1.92 bits per heavy atom. The maximum absolute atomic E-state index is 11.1. The van der Waals surface area contributed by atoms with Crippen LogP contribution in [-0.4, -0.2) is 52.2 Å². The lowest BCUT2D eigenvalue weighted by Gasteiger charge is -2.20. The summed E-state index contributed by atoms with van der Waals surface area (Å²) in [6, 6.07) is 0. The minimum absolute atomic E-state index is 0.134. The summed E-state index contributed by atoms with van der Waals surface area (Å²) in [5, 5.41) is 17.1. The summed E-state index contributed by atoms with van der Waals surface area (Å²) >= 11 is 10.6. The first-order valence-corrected chi connectivity index (χ1v) is 4.29. The Bertz CT molecular complexity index is 137. The number of hydrogen-bond donors (Lipinski definition) is 2. The number of carbonyl (C=O) groups excluding carboxylic acids is 1. The van der Waals surface area contributed by atoms with Gasteiger partial charge in [-0.1, -0.05) is 23.2 Å². The van der Waals surface area contributed by atoms with Crippen molar-refractivity contribution in [3.8, 4) is 0 Å². The van der Waals surface area contributed by atoms with Crippen molar-refractivity contribution in [1.29, 1.82) is 0 Å². The highest BCUT2D eigenvalue weighted by atomic mass is 35.5. The van der Waals surface area contributed by atoms with Crippen LogP contribution in [0.4, 0.5) is 0 Å². The lowest BCUT2D eigenvalue weighted by molar-refractivity contribution is -0.130. The van der Waals surface area contributed by atoms with Crippen LogP contribution in [0.15, 0.2) is 0 Å². The summed E-state index contributed by atoms with van der Waals surface area (Å²) in [5.74, 6) is -0.499. The molecule has 2 N–H and O–H groups in total. The van der Waals surface area contributed by atoms with E-state index in [-0.39, 0.29) is 26.3 Å². The van der Waals surface area contributed by atoms with Crippen molar-refractivity contribution < 1.29 is 15.0 Å². The molecule has 0 atom stereocenters. The Hall–Kier alpha value is -0.0300. The molecule has 0 saturated heterocycles. The van der Waals surface area contributed by atoms with E-state index in [9.17, 15) is 4.79 Å². The first kappa shape index (κ1) is 12.0. The summed E-state index contributed by atoms with van der Waals surface area (Å²) in [4.78, 5) is 11.1. The largest absolute Gasteiger partial charge is 0.395 e. The molecular weight excluding hydrogens is 205 g/mol. The van der Waals surface area contributed by atoms with Crippen LogP contribution in [0.3, 0.4) is 0 Å². The Balaban J connectivity index is 3.99. The minimum atomic E-state index is -1.14. The molecule has 4 nitrogen and oxygen atoms in total. The number of rotatable bonds is 5. The van der Waals surface area contributed by atoms with Crippen molar-refractivity contribution >= 4 is 29.1 Å². The quantitative estimate of drug-likeness (QED) is 0.615. The molecule has 0 aromatic carbocycles. The number of alkyl halides is 2. The van der Waals surface area contributed by atoms with Gasteiger partial charge in [0.25, 0.3) is 5.91 Å². The summed E-state index contributed by atoms with van der Waals surface area (Å²) in [7, 11) is 0. The summed E-state index contributed by atoms with van der Waals surface area (Å²) < 4.78 is 0. The molecule has 0 aromatic heterocycles. The topological polar surface area (TPSA) is 60.8 Å². The first-order valence-electron chi connectivity index (χ1n) is 3.42. The van der Waals surface area contributed by atoms with Crippen LogP contribution < -0.4 is 0 Å². The van der Waals surface area contributed by atoms with Crippen molar-refractivity contribution in [1.82, 2.24) is 4.90 Å². The highest BCUT2D eigenvalue weighted by Crippen LogP contribution is 2.06. The molecule has 0 saturated carbocycles. The standard InChI is InChI=1S/C6H11Cl2NO3/c7-5(8)6(12)9(1-3-10)2-4-11/h5,10-11H,1-4H2. The Labute approximate surface area is 80.7 Å². The molecule has 0 radical (unpaired) electrons.